The van der Waals surface area contributed by atoms with Crippen LogP contribution in [0, 0.1) is 5.41 Å². The summed E-state index contributed by atoms with van der Waals surface area (Å²) in [6, 6.07) is 7.82. The Morgan fingerprint density at radius 2 is 2.20 bits per heavy atom. The molecule has 80 valence electrons. The molecule has 15 heavy (non-hydrogen) atoms. The van der Waals surface area contributed by atoms with Crippen LogP contribution >= 0.6 is 0 Å². The maximum atomic E-state index is 7.30. The lowest BCUT2D eigenvalue weighted by atomic mass is 10.1. The average molecular weight is 204 g/mol. The van der Waals surface area contributed by atoms with Crippen LogP contribution in [0.1, 0.15) is 24.8 Å². The molecule has 2 N–H and O–H groups in total. The number of para-hydroxylation sites is 1. The van der Waals surface area contributed by atoms with Gasteiger partial charge in [-0.05, 0) is 25.3 Å². The van der Waals surface area contributed by atoms with Gasteiger partial charge in [-0.2, -0.15) is 0 Å². The van der Waals surface area contributed by atoms with Crippen molar-refractivity contribution in [3.8, 4) is 0 Å². The van der Waals surface area contributed by atoms with E-state index in [1.807, 2.05) is 24.3 Å². The summed E-state index contributed by atoms with van der Waals surface area (Å²) in [4.78, 5) is 0. The SMILES string of the molecule is N=Cc1ccccc1NC1CCCCO1. The van der Waals surface area contributed by atoms with Crippen molar-refractivity contribution in [2.45, 2.75) is 25.5 Å². The topological polar surface area (TPSA) is 45.1 Å². The van der Waals surface area contributed by atoms with Crippen LogP contribution in [0.25, 0.3) is 0 Å². The first-order valence-corrected chi connectivity index (χ1v) is 5.38. The van der Waals surface area contributed by atoms with Gasteiger partial charge in [-0.25, -0.2) is 0 Å². The van der Waals surface area contributed by atoms with Crippen LogP contribution in [0.4, 0.5) is 5.69 Å². The number of hydrogen-bond acceptors (Lipinski definition) is 3. The van der Waals surface area contributed by atoms with Crippen molar-refractivity contribution in [2.75, 3.05) is 11.9 Å². The molecule has 1 aliphatic rings. The van der Waals surface area contributed by atoms with Gasteiger partial charge in [-0.15, -0.1) is 0 Å². The van der Waals surface area contributed by atoms with E-state index in [0.29, 0.717) is 0 Å². The van der Waals surface area contributed by atoms with Crippen LogP contribution in [0.2, 0.25) is 0 Å². The zero-order valence-corrected chi connectivity index (χ0v) is 8.70. The summed E-state index contributed by atoms with van der Waals surface area (Å²) in [7, 11) is 0. The summed E-state index contributed by atoms with van der Waals surface area (Å²) in [5, 5.41) is 10.6. The highest BCUT2D eigenvalue weighted by molar-refractivity contribution is 5.85. The van der Waals surface area contributed by atoms with E-state index in [9.17, 15) is 0 Å². The third-order valence-electron chi connectivity index (χ3n) is 2.61. The molecule has 1 aliphatic heterocycles. The molecule has 1 aromatic carbocycles. The van der Waals surface area contributed by atoms with E-state index in [0.717, 1.165) is 30.7 Å². The van der Waals surface area contributed by atoms with Gasteiger partial charge < -0.3 is 15.5 Å². The zero-order chi connectivity index (χ0) is 10.5. The highest BCUT2D eigenvalue weighted by atomic mass is 16.5. The summed E-state index contributed by atoms with van der Waals surface area (Å²) in [5.74, 6) is 0. The molecule has 0 bridgehead atoms. The second kappa shape index (κ2) is 4.94. The molecule has 3 heteroatoms. The Bertz CT molecular complexity index is 332. The molecule has 1 aromatic rings. The molecule has 3 nitrogen and oxygen atoms in total. The van der Waals surface area contributed by atoms with Crippen LogP contribution in [0.3, 0.4) is 0 Å². The zero-order valence-electron chi connectivity index (χ0n) is 8.70. The standard InChI is InChI=1S/C12H16N2O/c13-9-10-5-1-2-6-11(10)14-12-7-3-4-8-15-12/h1-2,5-6,9,12-14H,3-4,7-8H2. The normalized spacial score (nSPS) is 20.9. The molecule has 1 fully saturated rings. The lowest BCUT2D eigenvalue weighted by Crippen LogP contribution is -2.27. The lowest BCUT2D eigenvalue weighted by molar-refractivity contribution is 0.0343. The van der Waals surface area contributed by atoms with Gasteiger partial charge in [0.1, 0.15) is 6.23 Å². The molecule has 0 aliphatic carbocycles. The van der Waals surface area contributed by atoms with Crippen LogP contribution in [-0.2, 0) is 4.74 Å². The molecule has 1 unspecified atom stereocenters. The molecule has 1 saturated heterocycles. The number of hydrogen-bond donors (Lipinski definition) is 2. The minimum atomic E-state index is 0.111. The van der Waals surface area contributed by atoms with E-state index < -0.39 is 0 Å². The number of anilines is 1. The summed E-state index contributed by atoms with van der Waals surface area (Å²) in [6.07, 6.45) is 4.90. The fourth-order valence-corrected chi connectivity index (χ4v) is 1.78. The Hall–Kier alpha value is -1.35. The fraction of sp³-hybridized carbons (Fsp3) is 0.417. The Kier molecular flexibility index (Phi) is 3.35. The smallest absolute Gasteiger partial charge is 0.127 e. The molecule has 0 radical (unpaired) electrons. The Morgan fingerprint density at radius 1 is 1.33 bits per heavy atom. The number of nitrogens with one attached hydrogen (secondary N) is 2. The van der Waals surface area contributed by atoms with Crippen molar-refractivity contribution in [1.82, 2.24) is 0 Å². The van der Waals surface area contributed by atoms with Crippen LogP contribution in [0.15, 0.2) is 24.3 Å². The summed E-state index contributed by atoms with van der Waals surface area (Å²) in [6.45, 7) is 0.838. The average Bonchev–Trinajstić information content (AvgIpc) is 2.31. The molecule has 1 heterocycles. The van der Waals surface area contributed by atoms with Gasteiger partial charge in [0.25, 0.3) is 0 Å². The Morgan fingerprint density at radius 3 is 2.93 bits per heavy atom. The van der Waals surface area contributed by atoms with Crippen molar-refractivity contribution in [1.29, 1.82) is 5.41 Å². The van der Waals surface area contributed by atoms with E-state index in [2.05, 4.69) is 5.32 Å². The van der Waals surface area contributed by atoms with Crippen LogP contribution < -0.4 is 5.32 Å². The monoisotopic (exact) mass is 204 g/mol. The first-order chi connectivity index (χ1) is 7.40. The number of ether oxygens (including phenoxy) is 1. The maximum absolute atomic E-state index is 7.30. The van der Waals surface area contributed by atoms with E-state index in [1.165, 1.54) is 12.6 Å². The van der Waals surface area contributed by atoms with Crippen LogP contribution in [0.5, 0.6) is 0 Å². The Labute approximate surface area is 90.0 Å². The van der Waals surface area contributed by atoms with Crippen molar-refractivity contribution >= 4 is 11.9 Å². The van der Waals surface area contributed by atoms with Gasteiger partial charge in [0.05, 0.1) is 0 Å². The largest absolute Gasteiger partial charge is 0.360 e. The molecular formula is C12H16N2O. The molecular weight excluding hydrogens is 188 g/mol. The molecule has 0 spiro atoms. The molecule has 0 saturated carbocycles. The first-order valence-electron chi connectivity index (χ1n) is 5.38. The maximum Gasteiger partial charge on any atom is 0.127 e. The second-order valence-electron chi connectivity index (χ2n) is 3.73. The van der Waals surface area contributed by atoms with Gasteiger partial charge in [0.2, 0.25) is 0 Å². The molecule has 2 rings (SSSR count). The van der Waals surface area contributed by atoms with Crippen molar-refractivity contribution < 1.29 is 4.74 Å². The third kappa shape index (κ3) is 2.57. The third-order valence-corrected chi connectivity index (χ3v) is 2.61. The minimum Gasteiger partial charge on any atom is -0.360 e. The van der Waals surface area contributed by atoms with Gasteiger partial charge in [0, 0.05) is 24.1 Å². The van der Waals surface area contributed by atoms with Gasteiger partial charge in [0.15, 0.2) is 0 Å². The van der Waals surface area contributed by atoms with Crippen molar-refractivity contribution in [3.63, 3.8) is 0 Å². The highest BCUT2D eigenvalue weighted by Crippen LogP contribution is 2.18. The lowest BCUT2D eigenvalue weighted by Gasteiger charge is -2.25. The van der Waals surface area contributed by atoms with Crippen molar-refractivity contribution in [3.05, 3.63) is 29.8 Å². The second-order valence-corrected chi connectivity index (χ2v) is 3.73. The summed E-state index contributed by atoms with van der Waals surface area (Å²) >= 11 is 0. The summed E-state index contributed by atoms with van der Waals surface area (Å²) in [5.41, 5.74) is 1.89. The van der Waals surface area contributed by atoms with Gasteiger partial charge >= 0.3 is 0 Å². The van der Waals surface area contributed by atoms with E-state index in [-0.39, 0.29) is 6.23 Å². The van der Waals surface area contributed by atoms with E-state index in [4.69, 9.17) is 10.1 Å². The predicted octanol–water partition coefficient (Wildman–Crippen LogP) is 2.62. The predicted molar refractivity (Wildman–Crippen MR) is 61.5 cm³/mol. The number of benzene rings is 1. The molecule has 1 atom stereocenters. The molecule has 0 amide bonds. The highest BCUT2D eigenvalue weighted by Gasteiger charge is 2.13. The Balaban J connectivity index is 2.05. The van der Waals surface area contributed by atoms with E-state index in [1.54, 1.807) is 0 Å². The molecule has 0 aromatic heterocycles. The summed E-state index contributed by atoms with van der Waals surface area (Å²) < 4.78 is 5.60. The van der Waals surface area contributed by atoms with Crippen LogP contribution in [-0.4, -0.2) is 19.0 Å². The first kappa shape index (κ1) is 10.2. The van der Waals surface area contributed by atoms with E-state index >= 15 is 0 Å². The van der Waals surface area contributed by atoms with Crippen molar-refractivity contribution in [2.24, 2.45) is 0 Å². The quantitative estimate of drug-likeness (QED) is 0.743. The fourth-order valence-electron chi connectivity index (χ4n) is 1.78. The minimum absolute atomic E-state index is 0.111. The van der Waals surface area contributed by atoms with Gasteiger partial charge in [-0.3, -0.25) is 0 Å². The number of rotatable bonds is 3. The van der Waals surface area contributed by atoms with Gasteiger partial charge in [-0.1, -0.05) is 18.2 Å².